The first-order valence-electron chi connectivity index (χ1n) is 8.79. The summed E-state index contributed by atoms with van der Waals surface area (Å²) in [4.78, 5) is 17.1. The highest BCUT2D eigenvalue weighted by Gasteiger charge is 2.23. The van der Waals surface area contributed by atoms with Gasteiger partial charge in [-0.05, 0) is 42.5 Å². The average Bonchev–Trinajstić information content (AvgIpc) is 3.38. The molecular formula is C21H15FN2O4S2. The molecule has 1 amide bonds. The fraction of sp³-hybridized carbons (Fsp3) is 0.0476. The number of furan rings is 1. The van der Waals surface area contributed by atoms with Crippen LogP contribution in [0.5, 0.6) is 0 Å². The number of nitrogens with zero attached hydrogens (tertiary/aromatic N) is 1. The third-order valence-electron chi connectivity index (χ3n) is 4.27. The van der Waals surface area contributed by atoms with Gasteiger partial charge in [0.05, 0.1) is 22.6 Å². The van der Waals surface area contributed by atoms with E-state index in [9.17, 15) is 17.6 Å². The van der Waals surface area contributed by atoms with Crippen molar-refractivity contribution < 1.29 is 22.0 Å². The van der Waals surface area contributed by atoms with Crippen LogP contribution < -0.4 is 5.32 Å². The summed E-state index contributed by atoms with van der Waals surface area (Å²) in [5, 5.41) is 4.66. The molecule has 2 heterocycles. The zero-order valence-corrected chi connectivity index (χ0v) is 17.0. The molecule has 2 aromatic carbocycles. The van der Waals surface area contributed by atoms with Crippen LogP contribution in [0.25, 0.3) is 11.3 Å². The quantitative estimate of drug-likeness (QED) is 0.465. The first-order chi connectivity index (χ1) is 14.4. The third-order valence-corrected chi connectivity index (χ3v) is 6.70. The Morgan fingerprint density at radius 2 is 1.80 bits per heavy atom. The molecule has 0 bridgehead atoms. The molecule has 0 atom stereocenters. The number of amides is 1. The lowest BCUT2D eigenvalue weighted by Crippen LogP contribution is -2.14. The molecule has 6 nitrogen and oxygen atoms in total. The van der Waals surface area contributed by atoms with Gasteiger partial charge in [0, 0.05) is 16.5 Å². The van der Waals surface area contributed by atoms with Crippen molar-refractivity contribution in [1.82, 2.24) is 4.98 Å². The van der Waals surface area contributed by atoms with E-state index >= 15 is 0 Å². The predicted molar refractivity (Wildman–Crippen MR) is 112 cm³/mol. The summed E-state index contributed by atoms with van der Waals surface area (Å²) >= 11 is 1.19. The molecule has 30 heavy (non-hydrogen) atoms. The van der Waals surface area contributed by atoms with Crippen LogP contribution in [0.2, 0.25) is 0 Å². The standard InChI is InChI=1S/C21H15FN2O4S2/c22-16-8-6-14(7-9-16)18-12-29-21(23-18)24-20(25)19-15(10-11-28-19)13-30(26,27)17-4-2-1-3-5-17/h1-12H,13H2,(H,23,24,25). The second kappa shape index (κ2) is 8.21. The molecule has 0 aliphatic carbocycles. The van der Waals surface area contributed by atoms with Gasteiger partial charge in [0.2, 0.25) is 0 Å². The molecule has 152 valence electrons. The van der Waals surface area contributed by atoms with Crippen LogP contribution in [0.3, 0.4) is 0 Å². The second-order valence-electron chi connectivity index (χ2n) is 6.35. The molecule has 0 saturated heterocycles. The first-order valence-corrected chi connectivity index (χ1v) is 11.3. The van der Waals surface area contributed by atoms with Gasteiger partial charge in [0.25, 0.3) is 5.91 Å². The lowest BCUT2D eigenvalue weighted by molar-refractivity contribution is 0.0995. The van der Waals surface area contributed by atoms with E-state index in [2.05, 4.69) is 10.3 Å². The van der Waals surface area contributed by atoms with Gasteiger partial charge >= 0.3 is 0 Å². The van der Waals surface area contributed by atoms with Crippen molar-refractivity contribution in [2.24, 2.45) is 0 Å². The summed E-state index contributed by atoms with van der Waals surface area (Å²) in [5.74, 6) is -1.40. The van der Waals surface area contributed by atoms with Gasteiger partial charge in [-0.2, -0.15) is 0 Å². The fourth-order valence-electron chi connectivity index (χ4n) is 2.80. The minimum Gasteiger partial charge on any atom is -0.459 e. The molecule has 0 fully saturated rings. The van der Waals surface area contributed by atoms with Gasteiger partial charge < -0.3 is 4.42 Å². The number of anilines is 1. The Labute approximate surface area is 175 Å². The van der Waals surface area contributed by atoms with Crippen molar-refractivity contribution >= 4 is 32.2 Å². The van der Waals surface area contributed by atoms with Crippen molar-refractivity contribution in [3.8, 4) is 11.3 Å². The molecule has 9 heteroatoms. The smallest absolute Gasteiger partial charge is 0.293 e. The van der Waals surface area contributed by atoms with E-state index in [4.69, 9.17) is 4.42 Å². The van der Waals surface area contributed by atoms with E-state index in [1.807, 2.05) is 0 Å². The normalized spacial score (nSPS) is 11.4. The van der Waals surface area contributed by atoms with E-state index in [0.717, 1.165) is 0 Å². The highest BCUT2D eigenvalue weighted by Crippen LogP contribution is 2.26. The second-order valence-corrected chi connectivity index (χ2v) is 9.19. The molecule has 0 radical (unpaired) electrons. The Balaban J connectivity index is 1.51. The summed E-state index contributed by atoms with van der Waals surface area (Å²) < 4.78 is 43.5. The van der Waals surface area contributed by atoms with Crippen LogP contribution in [0.1, 0.15) is 16.1 Å². The summed E-state index contributed by atoms with van der Waals surface area (Å²) in [6, 6.07) is 15.3. The number of hydrogen-bond donors (Lipinski definition) is 1. The maximum atomic E-state index is 13.1. The molecule has 0 aliphatic rings. The fourth-order valence-corrected chi connectivity index (χ4v) is 4.89. The lowest BCUT2D eigenvalue weighted by atomic mass is 10.2. The van der Waals surface area contributed by atoms with Crippen LogP contribution in [0, 0.1) is 5.82 Å². The average molecular weight is 442 g/mol. The minimum atomic E-state index is -3.63. The molecule has 0 unspecified atom stereocenters. The summed E-state index contributed by atoms with van der Waals surface area (Å²) in [6.07, 6.45) is 1.27. The highest BCUT2D eigenvalue weighted by atomic mass is 32.2. The molecule has 2 aromatic heterocycles. The minimum absolute atomic E-state index is 0.0898. The number of halogens is 1. The van der Waals surface area contributed by atoms with E-state index in [-0.39, 0.29) is 27.8 Å². The topological polar surface area (TPSA) is 89.3 Å². The lowest BCUT2D eigenvalue weighted by Gasteiger charge is -2.05. The predicted octanol–water partition coefficient (Wildman–Crippen LogP) is 4.77. The van der Waals surface area contributed by atoms with Crippen LogP contribution in [0.15, 0.2) is 81.6 Å². The van der Waals surface area contributed by atoms with Gasteiger partial charge in [0.15, 0.2) is 20.7 Å². The molecular weight excluding hydrogens is 427 g/mol. The Morgan fingerprint density at radius 3 is 2.53 bits per heavy atom. The summed E-state index contributed by atoms with van der Waals surface area (Å²) in [6.45, 7) is 0. The molecule has 4 aromatic rings. The van der Waals surface area contributed by atoms with Crippen molar-refractivity contribution in [2.45, 2.75) is 10.6 Å². The summed E-state index contributed by atoms with van der Waals surface area (Å²) in [5.41, 5.74) is 1.55. The molecule has 1 N–H and O–H groups in total. The maximum absolute atomic E-state index is 13.1. The maximum Gasteiger partial charge on any atom is 0.293 e. The Kier molecular flexibility index (Phi) is 5.47. The SMILES string of the molecule is O=C(Nc1nc(-c2ccc(F)cc2)cs1)c1occc1CS(=O)(=O)c1ccccc1. The van der Waals surface area contributed by atoms with Crippen molar-refractivity contribution in [1.29, 1.82) is 0 Å². The number of aromatic nitrogens is 1. The van der Waals surface area contributed by atoms with Crippen LogP contribution in [0.4, 0.5) is 9.52 Å². The number of rotatable bonds is 6. The van der Waals surface area contributed by atoms with E-state index in [1.165, 1.54) is 47.9 Å². The van der Waals surface area contributed by atoms with Crippen molar-refractivity contribution in [3.05, 3.63) is 89.4 Å². The number of benzene rings is 2. The molecule has 0 saturated carbocycles. The first kappa shape index (κ1) is 20.0. The number of carbonyl (C=O) groups excluding carboxylic acids is 1. The van der Waals surface area contributed by atoms with E-state index in [0.29, 0.717) is 16.4 Å². The number of sulfone groups is 1. The van der Waals surface area contributed by atoms with Gasteiger partial charge in [-0.25, -0.2) is 17.8 Å². The zero-order chi connectivity index (χ0) is 21.1. The number of thiazole rings is 1. The number of nitrogens with one attached hydrogen (secondary N) is 1. The van der Waals surface area contributed by atoms with Crippen LogP contribution >= 0.6 is 11.3 Å². The van der Waals surface area contributed by atoms with Gasteiger partial charge in [0.1, 0.15) is 5.82 Å². The molecule has 0 aliphatic heterocycles. The Bertz CT molecular complexity index is 1280. The number of hydrogen-bond acceptors (Lipinski definition) is 6. The highest BCUT2D eigenvalue weighted by molar-refractivity contribution is 7.90. The monoisotopic (exact) mass is 442 g/mol. The van der Waals surface area contributed by atoms with Crippen LogP contribution in [-0.2, 0) is 15.6 Å². The largest absolute Gasteiger partial charge is 0.459 e. The third kappa shape index (κ3) is 4.32. The van der Waals surface area contributed by atoms with Crippen LogP contribution in [-0.4, -0.2) is 19.3 Å². The Morgan fingerprint density at radius 1 is 1.07 bits per heavy atom. The van der Waals surface area contributed by atoms with Gasteiger partial charge in [-0.1, -0.05) is 18.2 Å². The number of carbonyl (C=O) groups is 1. The van der Waals surface area contributed by atoms with Crippen molar-refractivity contribution in [2.75, 3.05) is 5.32 Å². The molecule has 0 spiro atoms. The molecule has 4 rings (SSSR count). The van der Waals surface area contributed by atoms with Gasteiger partial charge in [-0.15, -0.1) is 11.3 Å². The van der Waals surface area contributed by atoms with E-state index < -0.39 is 15.7 Å². The van der Waals surface area contributed by atoms with Crippen molar-refractivity contribution in [3.63, 3.8) is 0 Å². The van der Waals surface area contributed by atoms with Gasteiger partial charge in [-0.3, -0.25) is 10.1 Å². The summed E-state index contributed by atoms with van der Waals surface area (Å²) in [7, 11) is -3.63. The Hall–Kier alpha value is -3.30. The zero-order valence-electron chi connectivity index (χ0n) is 15.4. The van der Waals surface area contributed by atoms with E-state index in [1.54, 1.807) is 35.7 Å².